The SMILES string of the molecule is CN(C(=NNc1ccc(Cl)cc1)C(=O)c1ccccc1)c1cc(F)ccc1F. The highest BCUT2D eigenvalue weighted by atomic mass is 35.5. The number of halogens is 3. The van der Waals surface area contributed by atoms with Crippen LogP contribution < -0.4 is 10.3 Å². The van der Waals surface area contributed by atoms with Crippen molar-refractivity contribution < 1.29 is 13.6 Å². The number of amidine groups is 1. The van der Waals surface area contributed by atoms with Crippen LogP contribution in [0.3, 0.4) is 0 Å². The van der Waals surface area contributed by atoms with Gasteiger partial charge in [-0.3, -0.25) is 10.2 Å². The summed E-state index contributed by atoms with van der Waals surface area (Å²) < 4.78 is 27.9. The number of benzene rings is 3. The first-order chi connectivity index (χ1) is 13.5. The Bertz CT molecular complexity index is 1010. The van der Waals surface area contributed by atoms with E-state index in [1.54, 1.807) is 54.6 Å². The maximum Gasteiger partial charge on any atom is 0.230 e. The predicted molar refractivity (Wildman–Crippen MR) is 108 cm³/mol. The molecule has 3 rings (SSSR count). The van der Waals surface area contributed by atoms with Gasteiger partial charge in [-0.05, 0) is 36.4 Å². The monoisotopic (exact) mass is 399 g/mol. The molecule has 0 amide bonds. The molecule has 0 saturated heterocycles. The van der Waals surface area contributed by atoms with E-state index >= 15 is 0 Å². The number of likely N-dealkylation sites (N-methyl/N-ethyl adjacent to an activating group) is 1. The second-order valence-corrected chi connectivity index (χ2v) is 6.34. The predicted octanol–water partition coefficient (Wildman–Crippen LogP) is 5.36. The summed E-state index contributed by atoms with van der Waals surface area (Å²) in [6.07, 6.45) is 0. The molecule has 0 unspecified atom stereocenters. The Morgan fingerprint density at radius 3 is 2.36 bits per heavy atom. The zero-order valence-corrected chi connectivity index (χ0v) is 15.6. The van der Waals surface area contributed by atoms with E-state index in [4.69, 9.17) is 11.6 Å². The lowest BCUT2D eigenvalue weighted by atomic mass is 10.1. The first kappa shape index (κ1) is 19.5. The van der Waals surface area contributed by atoms with Gasteiger partial charge in [-0.25, -0.2) is 8.78 Å². The van der Waals surface area contributed by atoms with E-state index in [1.165, 1.54) is 11.9 Å². The van der Waals surface area contributed by atoms with Gasteiger partial charge in [0.05, 0.1) is 11.4 Å². The lowest BCUT2D eigenvalue weighted by Gasteiger charge is -2.21. The Morgan fingerprint density at radius 1 is 1.00 bits per heavy atom. The highest BCUT2D eigenvalue weighted by Gasteiger charge is 2.22. The van der Waals surface area contributed by atoms with E-state index in [0.29, 0.717) is 16.3 Å². The van der Waals surface area contributed by atoms with Gasteiger partial charge in [0.15, 0.2) is 0 Å². The smallest absolute Gasteiger partial charge is 0.230 e. The molecule has 3 aromatic rings. The fraction of sp³-hybridized carbons (Fsp3) is 0.0476. The van der Waals surface area contributed by atoms with E-state index in [-0.39, 0.29) is 11.5 Å². The van der Waals surface area contributed by atoms with Crippen LogP contribution in [-0.2, 0) is 0 Å². The average Bonchev–Trinajstić information content (AvgIpc) is 2.71. The number of ketones is 1. The summed E-state index contributed by atoms with van der Waals surface area (Å²) >= 11 is 5.86. The summed E-state index contributed by atoms with van der Waals surface area (Å²) in [5.41, 5.74) is 3.59. The number of rotatable bonds is 5. The first-order valence-electron chi connectivity index (χ1n) is 8.33. The second kappa shape index (κ2) is 8.63. The van der Waals surface area contributed by atoms with E-state index in [2.05, 4.69) is 10.5 Å². The molecule has 0 heterocycles. The van der Waals surface area contributed by atoms with Crippen LogP contribution in [0, 0.1) is 11.6 Å². The molecule has 0 aliphatic carbocycles. The highest BCUT2D eigenvalue weighted by molar-refractivity contribution is 6.49. The van der Waals surface area contributed by atoms with Crippen molar-refractivity contribution in [2.24, 2.45) is 5.10 Å². The van der Waals surface area contributed by atoms with Gasteiger partial charge in [-0.1, -0.05) is 41.9 Å². The van der Waals surface area contributed by atoms with Crippen molar-refractivity contribution in [2.45, 2.75) is 0 Å². The summed E-state index contributed by atoms with van der Waals surface area (Å²) in [5.74, 6) is -1.86. The summed E-state index contributed by atoms with van der Waals surface area (Å²) in [6, 6.07) is 18.1. The second-order valence-electron chi connectivity index (χ2n) is 5.90. The molecule has 0 atom stereocenters. The van der Waals surface area contributed by atoms with E-state index in [9.17, 15) is 13.6 Å². The number of carbonyl (C=O) groups is 1. The van der Waals surface area contributed by atoms with Crippen molar-refractivity contribution in [3.8, 4) is 0 Å². The highest BCUT2D eigenvalue weighted by Crippen LogP contribution is 2.21. The molecule has 0 bridgehead atoms. The molecule has 1 N–H and O–H groups in total. The first-order valence-corrected chi connectivity index (χ1v) is 8.71. The molecule has 0 aromatic heterocycles. The Hall–Kier alpha value is -3.25. The van der Waals surface area contributed by atoms with Crippen LogP contribution in [0.5, 0.6) is 0 Å². The maximum absolute atomic E-state index is 14.2. The standard InChI is InChI=1S/C21H16ClF2N3O/c1-27(19-13-16(23)9-12-18(19)24)21(20(28)14-5-3-2-4-6-14)26-25-17-10-7-15(22)8-11-17/h2-13,25H,1H3. The van der Waals surface area contributed by atoms with E-state index in [0.717, 1.165) is 18.2 Å². The minimum Gasteiger partial charge on any atom is -0.322 e. The zero-order chi connectivity index (χ0) is 20.1. The van der Waals surface area contributed by atoms with Crippen LogP contribution in [0.15, 0.2) is 77.9 Å². The third-order valence-electron chi connectivity index (χ3n) is 3.96. The molecule has 142 valence electrons. The Balaban J connectivity index is 2.00. The molecule has 0 saturated carbocycles. The number of nitrogens with one attached hydrogen (secondary N) is 1. The molecular weight excluding hydrogens is 384 g/mol. The quantitative estimate of drug-likeness (QED) is 0.272. The molecule has 28 heavy (non-hydrogen) atoms. The zero-order valence-electron chi connectivity index (χ0n) is 14.9. The summed E-state index contributed by atoms with van der Waals surface area (Å²) in [5, 5.41) is 4.71. The maximum atomic E-state index is 14.2. The van der Waals surface area contributed by atoms with Gasteiger partial charge in [-0.15, -0.1) is 0 Å². The van der Waals surface area contributed by atoms with Crippen LogP contribution in [-0.4, -0.2) is 18.7 Å². The van der Waals surface area contributed by atoms with Gasteiger partial charge < -0.3 is 4.90 Å². The number of nitrogens with zero attached hydrogens (tertiary/aromatic N) is 2. The van der Waals surface area contributed by atoms with Crippen LogP contribution >= 0.6 is 11.6 Å². The van der Waals surface area contributed by atoms with Crippen LogP contribution in [0.4, 0.5) is 20.2 Å². The van der Waals surface area contributed by atoms with Gasteiger partial charge in [0, 0.05) is 23.7 Å². The molecule has 3 aromatic carbocycles. The average molecular weight is 400 g/mol. The fourth-order valence-electron chi connectivity index (χ4n) is 2.50. The number of Topliss-reactive ketones (excluding diaryl/α,β-unsaturated/α-hetero) is 1. The van der Waals surface area contributed by atoms with Gasteiger partial charge in [0.1, 0.15) is 11.6 Å². The molecule has 0 aliphatic heterocycles. The van der Waals surface area contributed by atoms with Crippen molar-refractivity contribution in [1.29, 1.82) is 0 Å². The molecule has 4 nitrogen and oxygen atoms in total. The minimum absolute atomic E-state index is 0.106. The van der Waals surface area contributed by atoms with Crippen molar-refractivity contribution in [3.05, 3.63) is 95.0 Å². The number of carbonyl (C=O) groups excluding carboxylic acids is 1. The Kier molecular flexibility index (Phi) is 6.01. The third kappa shape index (κ3) is 4.53. The number of anilines is 2. The molecule has 7 heteroatoms. The van der Waals surface area contributed by atoms with Gasteiger partial charge in [-0.2, -0.15) is 5.10 Å². The van der Waals surface area contributed by atoms with Gasteiger partial charge >= 0.3 is 0 Å². The Labute approximate surface area is 166 Å². The van der Waals surface area contributed by atoms with Crippen LogP contribution in [0.1, 0.15) is 10.4 Å². The lowest BCUT2D eigenvalue weighted by Crippen LogP contribution is -2.35. The minimum atomic E-state index is -0.677. The van der Waals surface area contributed by atoms with Gasteiger partial charge in [0.25, 0.3) is 0 Å². The van der Waals surface area contributed by atoms with E-state index < -0.39 is 17.4 Å². The van der Waals surface area contributed by atoms with E-state index in [1.807, 2.05) is 0 Å². The fourth-order valence-corrected chi connectivity index (χ4v) is 2.62. The number of hydrazone groups is 1. The summed E-state index contributed by atoms with van der Waals surface area (Å²) in [4.78, 5) is 14.2. The Morgan fingerprint density at radius 2 is 1.68 bits per heavy atom. The number of hydrogen-bond acceptors (Lipinski definition) is 3. The summed E-state index contributed by atoms with van der Waals surface area (Å²) in [6.45, 7) is 0. The van der Waals surface area contributed by atoms with Crippen molar-refractivity contribution >= 4 is 34.6 Å². The van der Waals surface area contributed by atoms with Crippen LogP contribution in [0.25, 0.3) is 0 Å². The van der Waals surface area contributed by atoms with Crippen molar-refractivity contribution in [1.82, 2.24) is 0 Å². The van der Waals surface area contributed by atoms with Crippen molar-refractivity contribution in [3.63, 3.8) is 0 Å². The largest absolute Gasteiger partial charge is 0.322 e. The molecule has 0 fully saturated rings. The van der Waals surface area contributed by atoms with Crippen LogP contribution in [0.2, 0.25) is 5.02 Å². The molecule has 0 radical (unpaired) electrons. The lowest BCUT2D eigenvalue weighted by molar-refractivity contribution is 0.106. The topological polar surface area (TPSA) is 44.7 Å². The molecule has 0 aliphatic rings. The van der Waals surface area contributed by atoms with Crippen molar-refractivity contribution in [2.75, 3.05) is 17.4 Å². The van der Waals surface area contributed by atoms with Gasteiger partial charge in [0.2, 0.25) is 11.6 Å². The third-order valence-corrected chi connectivity index (χ3v) is 4.21. The normalized spacial score (nSPS) is 11.2. The summed E-state index contributed by atoms with van der Waals surface area (Å²) in [7, 11) is 1.45. The molecule has 0 spiro atoms. The number of hydrogen-bond donors (Lipinski definition) is 1. The molecular formula is C21H16ClF2N3O.